The van der Waals surface area contributed by atoms with Gasteiger partial charge in [0.1, 0.15) is 29.8 Å². The van der Waals surface area contributed by atoms with Crippen molar-refractivity contribution in [1.82, 2.24) is 15.1 Å². The molecule has 1 rings (SSSR count). The van der Waals surface area contributed by atoms with E-state index < -0.39 is 72.1 Å². The molecule has 1 saturated heterocycles. The summed E-state index contributed by atoms with van der Waals surface area (Å²) in [5.41, 5.74) is -1.81. The number of hydrogen-bond acceptors (Lipinski definition) is 9. The summed E-state index contributed by atoms with van der Waals surface area (Å²) >= 11 is 0. The summed E-state index contributed by atoms with van der Waals surface area (Å²) in [6, 6.07) is -2.76. The molecule has 1 aliphatic heterocycles. The molecule has 4 amide bonds. The van der Waals surface area contributed by atoms with Crippen LogP contribution in [-0.2, 0) is 33.4 Å². The van der Waals surface area contributed by atoms with E-state index in [4.69, 9.17) is 14.2 Å². The van der Waals surface area contributed by atoms with Gasteiger partial charge in [-0.15, -0.1) is 0 Å². The van der Waals surface area contributed by atoms with Crippen LogP contribution in [0, 0.1) is 0 Å². The zero-order chi connectivity index (χ0) is 33.4. The highest BCUT2D eigenvalue weighted by molar-refractivity contribution is 6.05. The SMILES string of the molecule is CC.CCCCC/C=C\CC(C(=O)OCC)N(C(=O)OC(C)(C)C)C(=O)C1CC(=O)CN1C(=O)CNC(=O)OC(C)(C)C. The quantitative estimate of drug-likeness (QED) is 0.140. The number of hydrogen-bond donors (Lipinski definition) is 1. The number of amides is 4. The van der Waals surface area contributed by atoms with E-state index in [0.29, 0.717) is 4.90 Å². The van der Waals surface area contributed by atoms with Crippen LogP contribution in [0.1, 0.15) is 108 Å². The first-order chi connectivity index (χ1) is 20.0. The van der Waals surface area contributed by atoms with Crippen molar-refractivity contribution in [3.8, 4) is 0 Å². The summed E-state index contributed by atoms with van der Waals surface area (Å²) in [6.07, 6.45) is 5.02. The Kier molecular flexibility index (Phi) is 17.4. The molecule has 2 atom stereocenters. The molecule has 1 N–H and O–H groups in total. The molecule has 246 valence electrons. The molecule has 2 unspecified atom stereocenters. The first-order valence-corrected chi connectivity index (χ1v) is 15.2. The Balaban J connectivity index is 0.00000862. The topological polar surface area (TPSA) is 149 Å². The Morgan fingerprint density at radius 2 is 1.58 bits per heavy atom. The molecule has 0 radical (unpaired) electrons. The number of carbonyl (C=O) groups excluding carboxylic acids is 6. The second kappa shape index (κ2) is 19.0. The van der Waals surface area contributed by atoms with Crippen LogP contribution in [0.25, 0.3) is 0 Å². The number of unbranched alkanes of at least 4 members (excludes halogenated alkanes) is 3. The number of rotatable bonds is 12. The first-order valence-electron chi connectivity index (χ1n) is 15.2. The maximum Gasteiger partial charge on any atom is 0.417 e. The number of Topliss-reactive ketones (excluding diaryl/α,β-unsaturated/α-hetero) is 1. The molecule has 1 heterocycles. The van der Waals surface area contributed by atoms with Gasteiger partial charge in [-0.25, -0.2) is 19.3 Å². The van der Waals surface area contributed by atoms with Gasteiger partial charge in [0.2, 0.25) is 5.91 Å². The van der Waals surface area contributed by atoms with Crippen molar-refractivity contribution in [2.24, 2.45) is 0 Å². The Hall–Kier alpha value is -3.44. The second-order valence-corrected chi connectivity index (χ2v) is 11.8. The maximum absolute atomic E-state index is 13.9. The molecule has 12 heteroatoms. The van der Waals surface area contributed by atoms with Gasteiger partial charge >= 0.3 is 18.2 Å². The molecular weight excluding hydrogens is 558 g/mol. The van der Waals surface area contributed by atoms with Crippen molar-refractivity contribution in [2.75, 3.05) is 19.7 Å². The van der Waals surface area contributed by atoms with E-state index in [2.05, 4.69) is 12.2 Å². The predicted molar refractivity (Wildman–Crippen MR) is 162 cm³/mol. The van der Waals surface area contributed by atoms with E-state index in [1.165, 1.54) is 0 Å². The molecule has 0 aromatic carbocycles. The largest absolute Gasteiger partial charge is 0.464 e. The van der Waals surface area contributed by atoms with Gasteiger partial charge in [-0.1, -0.05) is 45.8 Å². The number of nitrogens with zero attached hydrogens (tertiary/aromatic N) is 2. The summed E-state index contributed by atoms with van der Waals surface area (Å²) < 4.78 is 15.8. The van der Waals surface area contributed by atoms with Crippen molar-refractivity contribution in [3.63, 3.8) is 0 Å². The average molecular weight is 612 g/mol. The highest BCUT2D eigenvalue weighted by Crippen LogP contribution is 2.23. The number of ether oxygens (including phenoxy) is 3. The lowest BCUT2D eigenvalue weighted by molar-refractivity contribution is -0.156. The van der Waals surface area contributed by atoms with Gasteiger partial charge in [0, 0.05) is 6.42 Å². The lowest BCUT2D eigenvalue weighted by Crippen LogP contribution is -2.57. The predicted octanol–water partition coefficient (Wildman–Crippen LogP) is 4.93. The van der Waals surface area contributed by atoms with Crippen molar-refractivity contribution in [1.29, 1.82) is 0 Å². The Labute approximate surface area is 256 Å². The number of nitrogens with one attached hydrogen (secondary N) is 1. The zero-order valence-corrected chi connectivity index (χ0v) is 27.7. The Morgan fingerprint density at radius 3 is 2.12 bits per heavy atom. The maximum atomic E-state index is 13.9. The van der Waals surface area contributed by atoms with Gasteiger partial charge in [0.25, 0.3) is 5.91 Å². The van der Waals surface area contributed by atoms with Crippen molar-refractivity contribution >= 4 is 35.8 Å². The molecule has 0 aromatic rings. The minimum Gasteiger partial charge on any atom is -0.464 e. The fourth-order valence-corrected chi connectivity index (χ4v) is 3.98. The molecule has 0 aliphatic carbocycles. The Bertz CT molecular complexity index is 980. The van der Waals surface area contributed by atoms with Gasteiger partial charge in [-0.05, 0) is 67.7 Å². The number of alkyl carbamates (subject to hydrolysis) is 1. The van der Waals surface area contributed by atoms with Crippen LogP contribution in [0.5, 0.6) is 0 Å². The van der Waals surface area contributed by atoms with Gasteiger partial charge in [0.05, 0.1) is 13.2 Å². The lowest BCUT2D eigenvalue weighted by atomic mass is 10.1. The van der Waals surface area contributed by atoms with E-state index in [9.17, 15) is 28.8 Å². The molecule has 0 aromatic heterocycles. The first kappa shape index (κ1) is 39.6. The summed E-state index contributed by atoms with van der Waals surface area (Å²) in [6.45, 7) is 16.6. The van der Waals surface area contributed by atoms with Crippen LogP contribution in [0.2, 0.25) is 0 Å². The van der Waals surface area contributed by atoms with E-state index in [-0.39, 0.29) is 19.4 Å². The second-order valence-electron chi connectivity index (χ2n) is 11.8. The van der Waals surface area contributed by atoms with Crippen LogP contribution in [-0.4, -0.2) is 88.5 Å². The van der Waals surface area contributed by atoms with Crippen LogP contribution in [0.4, 0.5) is 9.59 Å². The number of likely N-dealkylation sites (tertiary alicyclic amines) is 1. The highest BCUT2D eigenvalue weighted by atomic mass is 16.6. The number of esters is 1. The molecule has 0 bridgehead atoms. The summed E-state index contributed by atoms with van der Waals surface area (Å²) in [4.78, 5) is 79.5. The van der Waals surface area contributed by atoms with Crippen molar-refractivity contribution in [2.45, 2.75) is 131 Å². The normalized spacial score (nSPS) is 15.7. The van der Waals surface area contributed by atoms with E-state index in [1.807, 2.05) is 19.9 Å². The average Bonchev–Trinajstić information content (AvgIpc) is 3.29. The molecule has 0 spiro atoms. The number of allylic oxidation sites excluding steroid dienone is 1. The lowest BCUT2D eigenvalue weighted by Gasteiger charge is -2.34. The summed E-state index contributed by atoms with van der Waals surface area (Å²) in [5, 5.41) is 2.32. The van der Waals surface area contributed by atoms with Gasteiger partial charge < -0.3 is 24.4 Å². The molecular formula is C31H53N3O9. The minimum atomic E-state index is -1.38. The van der Waals surface area contributed by atoms with Crippen molar-refractivity contribution < 1.29 is 43.0 Å². The van der Waals surface area contributed by atoms with Gasteiger partial charge in [0.15, 0.2) is 5.78 Å². The fraction of sp³-hybridized carbons (Fsp3) is 0.742. The third-order valence-corrected chi connectivity index (χ3v) is 5.73. The van der Waals surface area contributed by atoms with Gasteiger partial charge in [-0.3, -0.25) is 14.4 Å². The summed E-state index contributed by atoms with van der Waals surface area (Å²) in [7, 11) is 0. The fourth-order valence-electron chi connectivity index (χ4n) is 3.98. The standard InChI is InChI=1S/C29H47N3O9.C2H6/c1-9-11-12-13-14-15-16-21(25(36)39-10-2)32(27(38)41-29(6,7)8)24(35)22-17-20(33)19-31(22)23(34)18-30-26(37)40-28(3,4)5;1-2/h14-15,21-22H,9-13,16-19H2,1-8H3,(H,30,37);1-2H3/b15-14-;. The number of imide groups is 1. The van der Waals surface area contributed by atoms with Crippen LogP contribution >= 0.6 is 0 Å². The van der Waals surface area contributed by atoms with E-state index >= 15 is 0 Å². The van der Waals surface area contributed by atoms with Gasteiger partial charge in [-0.2, -0.15) is 0 Å². The molecule has 43 heavy (non-hydrogen) atoms. The zero-order valence-electron chi connectivity index (χ0n) is 27.7. The van der Waals surface area contributed by atoms with E-state index in [1.54, 1.807) is 54.5 Å². The van der Waals surface area contributed by atoms with Crippen LogP contribution < -0.4 is 5.32 Å². The Morgan fingerprint density at radius 1 is 0.977 bits per heavy atom. The summed E-state index contributed by atoms with van der Waals surface area (Å²) in [5.74, 6) is -2.92. The smallest absolute Gasteiger partial charge is 0.417 e. The number of ketones is 1. The molecule has 1 aliphatic rings. The minimum absolute atomic E-state index is 0.00869. The van der Waals surface area contributed by atoms with Crippen molar-refractivity contribution in [3.05, 3.63) is 12.2 Å². The van der Waals surface area contributed by atoms with E-state index in [0.717, 1.165) is 30.6 Å². The van der Waals surface area contributed by atoms with Crippen LogP contribution in [0.3, 0.4) is 0 Å². The monoisotopic (exact) mass is 611 g/mol. The molecule has 12 nitrogen and oxygen atoms in total. The third kappa shape index (κ3) is 15.0. The number of carbonyl (C=O) groups is 6. The molecule has 0 saturated carbocycles. The molecule has 1 fully saturated rings. The van der Waals surface area contributed by atoms with Crippen LogP contribution in [0.15, 0.2) is 12.2 Å². The highest BCUT2D eigenvalue weighted by Gasteiger charge is 2.46. The third-order valence-electron chi connectivity index (χ3n) is 5.73.